The van der Waals surface area contributed by atoms with Crippen molar-refractivity contribution in [1.29, 1.82) is 0 Å². The van der Waals surface area contributed by atoms with Crippen molar-refractivity contribution >= 4 is 23.1 Å². The number of rotatable bonds is 8. The molecule has 0 radical (unpaired) electrons. The summed E-state index contributed by atoms with van der Waals surface area (Å²) in [6.45, 7) is 0.491. The number of aromatic carboxylic acids is 1. The molecule has 7 heteroatoms. The second-order valence-electron chi connectivity index (χ2n) is 6.06. The van der Waals surface area contributed by atoms with Crippen molar-refractivity contribution in [3.63, 3.8) is 0 Å². The van der Waals surface area contributed by atoms with Crippen molar-refractivity contribution < 1.29 is 24.1 Å². The van der Waals surface area contributed by atoms with E-state index < -0.39 is 5.97 Å². The molecule has 0 amide bonds. The Hall–Kier alpha value is -3.48. The zero-order valence-corrected chi connectivity index (χ0v) is 15.9. The highest BCUT2D eigenvalue weighted by molar-refractivity contribution is 6.00. The van der Waals surface area contributed by atoms with Crippen LogP contribution in [-0.2, 0) is 6.42 Å². The number of hydrogen-bond donors (Lipinski definition) is 1. The van der Waals surface area contributed by atoms with E-state index in [-0.39, 0.29) is 11.3 Å². The molecular formula is C21H21N2O5-. The van der Waals surface area contributed by atoms with Gasteiger partial charge in [0.25, 0.3) is 0 Å². The third-order valence-electron chi connectivity index (χ3n) is 4.50. The third kappa shape index (κ3) is 3.78. The number of carbonyl (C=O) groups is 1. The van der Waals surface area contributed by atoms with E-state index in [1.54, 1.807) is 19.2 Å². The number of methoxy groups -OCH3 is 3. The number of nitrogens with one attached hydrogen (secondary N) is 1. The Morgan fingerprint density at radius 3 is 2.64 bits per heavy atom. The maximum atomic E-state index is 11.6. The number of carboxylic acids is 1. The van der Waals surface area contributed by atoms with Crippen LogP contribution in [-0.4, -0.2) is 45.0 Å². The third-order valence-corrected chi connectivity index (χ3v) is 4.50. The molecule has 3 rings (SSSR count). The predicted octanol–water partition coefficient (Wildman–Crippen LogP) is 2.22. The molecule has 1 aromatic heterocycles. The molecule has 1 N–H and O–H groups in total. The maximum Gasteiger partial charge on any atom is 0.170 e. The average Bonchev–Trinajstić information content (AvgIpc) is 3.12. The molecule has 0 bridgehead atoms. The summed E-state index contributed by atoms with van der Waals surface area (Å²) in [6, 6.07) is 9.11. The number of aromatic amines is 1. The zero-order chi connectivity index (χ0) is 20.1. The van der Waals surface area contributed by atoms with Crippen LogP contribution in [0, 0.1) is 0 Å². The van der Waals surface area contributed by atoms with E-state index in [2.05, 4.69) is 9.98 Å². The van der Waals surface area contributed by atoms with E-state index in [0.717, 1.165) is 22.2 Å². The molecule has 0 aliphatic carbocycles. The summed E-state index contributed by atoms with van der Waals surface area (Å²) >= 11 is 0. The lowest BCUT2D eigenvalue weighted by molar-refractivity contribution is -0.255. The fraction of sp³-hybridized carbons (Fsp3) is 0.238. The highest BCUT2D eigenvalue weighted by Crippen LogP contribution is 2.32. The van der Waals surface area contributed by atoms with Gasteiger partial charge in [-0.2, -0.15) is 0 Å². The first-order chi connectivity index (χ1) is 13.6. The van der Waals surface area contributed by atoms with Crippen molar-refractivity contribution in [3.8, 4) is 17.2 Å². The molecule has 0 aliphatic rings. The first-order valence-corrected chi connectivity index (χ1v) is 8.69. The number of benzene rings is 2. The fourth-order valence-corrected chi connectivity index (χ4v) is 3.10. The summed E-state index contributed by atoms with van der Waals surface area (Å²) < 4.78 is 15.6. The van der Waals surface area contributed by atoms with Crippen molar-refractivity contribution in [3.05, 3.63) is 53.2 Å². The lowest BCUT2D eigenvalue weighted by atomic mass is 10.1. The van der Waals surface area contributed by atoms with Crippen molar-refractivity contribution in [1.82, 2.24) is 4.98 Å². The molecule has 7 nitrogen and oxygen atoms in total. The lowest BCUT2D eigenvalue weighted by Crippen LogP contribution is -2.24. The summed E-state index contributed by atoms with van der Waals surface area (Å²) in [5.41, 5.74) is 2.46. The molecule has 0 saturated heterocycles. The maximum absolute atomic E-state index is 11.6. The Morgan fingerprint density at radius 1 is 1.14 bits per heavy atom. The number of hydrogen-bond acceptors (Lipinski definition) is 6. The Bertz CT molecular complexity index is 1020. The second-order valence-corrected chi connectivity index (χ2v) is 6.06. The molecule has 0 atom stereocenters. The SMILES string of the molecule is COc1ccc2[nH]cc(CCN=Cc3ccc(OC)c(OC)c3C(=O)[O-])c2c1. The molecule has 3 aromatic rings. The van der Waals surface area contributed by atoms with Gasteiger partial charge in [-0.15, -0.1) is 0 Å². The smallest absolute Gasteiger partial charge is 0.170 e. The largest absolute Gasteiger partial charge is 0.545 e. The number of ether oxygens (including phenoxy) is 3. The van der Waals surface area contributed by atoms with Gasteiger partial charge in [0.15, 0.2) is 11.5 Å². The van der Waals surface area contributed by atoms with Gasteiger partial charge >= 0.3 is 0 Å². The van der Waals surface area contributed by atoms with Crippen LogP contribution in [0.5, 0.6) is 17.2 Å². The predicted molar refractivity (Wildman–Crippen MR) is 105 cm³/mol. The van der Waals surface area contributed by atoms with Gasteiger partial charge in [-0.25, -0.2) is 0 Å². The van der Waals surface area contributed by atoms with Gasteiger partial charge in [0.1, 0.15) is 5.75 Å². The number of carbonyl (C=O) groups excluding carboxylic acids is 1. The van der Waals surface area contributed by atoms with Crippen LogP contribution in [0.4, 0.5) is 0 Å². The minimum Gasteiger partial charge on any atom is -0.545 e. The van der Waals surface area contributed by atoms with Crippen LogP contribution in [0.25, 0.3) is 10.9 Å². The van der Waals surface area contributed by atoms with Crippen LogP contribution < -0.4 is 19.3 Å². The Balaban J connectivity index is 1.79. The van der Waals surface area contributed by atoms with Crippen LogP contribution >= 0.6 is 0 Å². The fourth-order valence-electron chi connectivity index (χ4n) is 3.10. The topological polar surface area (TPSA) is 96.0 Å². The van der Waals surface area contributed by atoms with Gasteiger partial charge in [-0.1, -0.05) is 0 Å². The molecule has 146 valence electrons. The molecule has 0 spiro atoms. The molecule has 0 saturated carbocycles. The van der Waals surface area contributed by atoms with E-state index >= 15 is 0 Å². The highest BCUT2D eigenvalue weighted by Gasteiger charge is 2.15. The van der Waals surface area contributed by atoms with Crippen molar-refractivity contribution in [2.45, 2.75) is 6.42 Å². The summed E-state index contributed by atoms with van der Waals surface area (Å²) in [5.74, 6) is -0.108. The Kier molecular flexibility index (Phi) is 5.84. The van der Waals surface area contributed by atoms with Gasteiger partial charge < -0.3 is 29.1 Å². The molecule has 28 heavy (non-hydrogen) atoms. The molecular weight excluding hydrogens is 360 g/mol. The number of carboxylic acid groups (broad SMARTS) is 1. The molecule has 0 fully saturated rings. The van der Waals surface area contributed by atoms with Crippen LogP contribution in [0.3, 0.4) is 0 Å². The Morgan fingerprint density at radius 2 is 1.96 bits per heavy atom. The highest BCUT2D eigenvalue weighted by atomic mass is 16.5. The Labute approximate surface area is 162 Å². The molecule has 0 aliphatic heterocycles. The van der Waals surface area contributed by atoms with Gasteiger partial charge in [0.05, 0.1) is 32.9 Å². The summed E-state index contributed by atoms with van der Waals surface area (Å²) in [6.07, 6.45) is 4.16. The first-order valence-electron chi connectivity index (χ1n) is 8.69. The monoisotopic (exact) mass is 381 g/mol. The number of H-pyrrole nitrogens is 1. The van der Waals surface area contributed by atoms with E-state index in [1.807, 2.05) is 24.4 Å². The summed E-state index contributed by atoms with van der Waals surface area (Å²) in [5, 5.41) is 12.7. The lowest BCUT2D eigenvalue weighted by Gasteiger charge is -2.15. The standard InChI is InChI=1S/C21H22N2O5/c1-26-15-5-6-17-16(10-15)13(12-23-17)8-9-22-11-14-4-7-18(27-2)20(28-3)19(14)21(24)25/h4-7,10-12,23H,8-9H2,1-3H3,(H,24,25)/p-1. The molecule has 0 unspecified atom stereocenters. The first kappa shape index (κ1) is 19.3. The van der Waals surface area contributed by atoms with Crippen LogP contribution in [0.1, 0.15) is 21.5 Å². The van der Waals surface area contributed by atoms with Crippen molar-refractivity contribution in [2.75, 3.05) is 27.9 Å². The van der Waals surface area contributed by atoms with E-state index in [4.69, 9.17) is 14.2 Å². The number of fused-ring (bicyclic) bond motifs is 1. The van der Waals surface area contributed by atoms with E-state index in [9.17, 15) is 9.90 Å². The van der Waals surface area contributed by atoms with Crippen LogP contribution in [0.2, 0.25) is 0 Å². The van der Waals surface area contributed by atoms with E-state index in [1.165, 1.54) is 20.4 Å². The summed E-state index contributed by atoms with van der Waals surface area (Å²) in [4.78, 5) is 19.2. The number of aliphatic imine (C=N–C) groups is 1. The molecule has 1 heterocycles. The zero-order valence-electron chi connectivity index (χ0n) is 15.9. The minimum absolute atomic E-state index is 0.0811. The normalized spacial score (nSPS) is 11.1. The second kappa shape index (κ2) is 8.47. The molecule has 2 aromatic carbocycles. The van der Waals surface area contributed by atoms with Crippen LogP contribution in [0.15, 0.2) is 41.5 Å². The number of nitrogens with zero attached hydrogens (tertiary/aromatic N) is 1. The quantitative estimate of drug-likeness (QED) is 0.604. The number of aromatic nitrogens is 1. The van der Waals surface area contributed by atoms with Gasteiger partial charge in [-0.3, -0.25) is 4.99 Å². The van der Waals surface area contributed by atoms with Crippen molar-refractivity contribution in [2.24, 2.45) is 4.99 Å². The summed E-state index contributed by atoms with van der Waals surface area (Å²) in [7, 11) is 4.47. The van der Waals surface area contributed by atoms with Gasteiger partial charge in [0.2, 0.25) is 0 Å². The minimum atomic E-state index is -1.35. The van der Waals surface area contributed by atoms with E-state index in [0.29, 0.717) is 24.3 Å². The average molecular weight is 381 g/mol. The van der Waals surface area contributed by atoms with Gasteiger partial charge in [0, 0.05) is 35.4 Å². The van der Waals surface area contributed by atoms with Gasteiger partial charge in [-0.05, 0) is 42.3 Å².